The first-order chi connectivity index (χ1) is 13.1. The van der Waals surface area contributed by atoms with E-state index in [0.29, 0.717) is 15.0 Å². The molecule has 2 heterocycles. The van der Waals surface area contributed by atoms with E-state index in [-0.39, 0.29) is 5.56 Å². The van der Waals surface area contributed by atoms with Crippen molar-refractivity contribution in [3.8, 4) is 0 Å². The molecule has 136 valence electrons. The van der Waals surface area contributed by atoms with E-state index in [1.807, 2.05) is 25.4 Å². The molecule has 0 fully saturated rings. The summed E-state index contributed by atoms with van der Waals surface area (Å²) in [5, 5.41) is 14.3. The Bertz CT molecular complexity index is 1170. The van der Waals surface area contributed by atoms with Gasteiger partial charge in [0.1, 0.15) is 0 Å². The molecular formula is C19H17N4O2PS. The van der Waals surface area contributed by atoms with Gasteiger partial charge in [0.25, 0.3) is 0 Å². The van der Waals surface area contributed by atoms with Gasteiger partial charge in [-0.2, -0.15) is 0 Å². The second-order valence-corrected chi connectivity index (χ2v) is 7.95. The van der Waals surface area contributed by atoms with Crippen molar-refractivity contribution < 1.29 is 9.90 Å². The van der Waals surface area contributed by atoms with Crippen molar-refractivity contribution in [2.24, 2.45) is 11.8 Å². The molecule has 4 rings (SSSR count). The Kier molecular flexibility index (Phi) is 4.88. The fourth-order valence-corrected chi connectivity index (χ4v) is 4.48. The average molecular weight is 396 g/mol. The Morgan fingerprint density at radius 3 is 3.07 bits per heavy atom. The summed E-state index contributed by atoms with van der Waals surface area (Å²) in [6.45, 7) is 0. The molecule has 0 bridgehead atoms. The van der Waals surface area contributed by atoms with Gasteiger partial charge in [0.05, 0.1) is 22.1 Å². The van der Waals surface area contributed by atoms with Crippen molar-refractivity contribution >= 4 is 58.5 Å². The van der Waals surface area contributed by atoms with E-state index < -0.39 is 5.97 Å². The minimum atomic E-state index is -0.927. The molecule has 0 aliphatic rings. The number of nitrogens with one attached hydrogen (secondary N) is 1. The van der Waals surface area contributed by atoms with E-state index in [0.717, 1.165) is 20.9 Å². The molecule has 6 nitrogen and oxygen atoms in total. The third-order valence-electron chi connectivity index (χ3n) is 4.18. The zero-order valence-electron chi connectivity index (χ0n) is 14.5. The zero-order chi connectivity index (χ0) is 18.8. The number of para-hydroxylation sites is 1. The Morgan fingerprint density at radius 2 is 2.22 bits per heavy atom. The maximum atomic E-state index is 11.0. The predicted molar refractivity (Wildman–Crippen MR) is 114 cm³/mol. The smallest absolute Gasteiger partial charge is 0.335 e. The van der Waals surface area contributed by atoms with E-state index in [1.54, 1.807) is 18.2 Å². The average Bonchev–Trinajstić information content (AvgIpc) is 3.22. The molecule has 0 saturated heterocycles. The number of carboxylic acids is 1. The summed E-state index contributed by atoms with van der Waals surface area (Å²) in [4.78, 5) is 15.5. The monoisotopic (exact) mass is 396 g/mol. The lowest BCUT2D eigenvalue weighted by Gasteiger charge is -1.97. The van der Waals surface area contributed by atoms with Crippen LogP contribution in [0, 0.1) is 0 Å². The van der Waals surface area contributed by atoms with Crippen LogP contribution >= 0.6 is 20.1 Å². The first-order valence-corrected chi connectivity index (χ1v) is 10.3. The number of carbonyl (C=O) groups is 1. The highest BCUT2D eigenvalue weighted by molar-refractivity contribution is 7.36. The number of benzene rings is 2. The zero-order valence-corrected chi connectivity index (χ0v) is 16.3. The Labute approximate surface area is 161 Å². The summed E-state index contributed by atoms with van der Waals surface area (Å²) >= 11 is 1.45. The molecule has 8 heteroatoms. The molecule has 0 aliphatic heterocycles. The van der Waals surface area contributed by atoms with Gasteiger partial charge in [-0.25, -0.2) is 9.78 Å². The summed E-state index contributed by atoms with van der Waals surface area (Å²) in [5.74, 6) is -0.927. The highest BCUT2D eigenvalue weighted by Gasteiger charge is 2.08. The highest BCUT2D eigenvalue weighted by atomic mass is 32.1. The van der Waals surface area contributed by atoms with Gasteiger partial charge in [-0.1, -0.05) is 29.5 Å². The summed E-state index contributed by atoms with van der Waals surface area (Å²) in [7, 11) is 2.40. The molecule has 0 radical (unpaired) electrons. The van der Waals surface area contributed by atoms with Crippen LogP contribution in [0.4, 0.5) is 5.13 Å². The lowest BCUT2D eigenvalue weighted by atomic mass is 10.2. The molecule has 4 aromatic rings. The van der Waals surface area contributed by atoms with Crippen molar-refractivity contribution in [2.75, 3.05) is 11.6 Å². The van der Waals surface area contributed by atoms with Crippen LogP contribution in [-0.2, 0) is 7.05 Å². The number of carboxylic acid groups (broad SMARTS) is 1. The molecular weight excluding hydrogens is 379 g/mol. The van der Waals surface area contributed by atoms with Gasteiger partial charge in [0, 0.05) is 44.7 Å². The third-order valence-corrected chi connectivity index (χ3v) is 5.80. The second kappa shape index (κ2) is 7.47. The van der Waals surface area contributed by atoms with Crippen molar-refractivity contribution in [1.29, 1.82) is 0 Å². The molecule has 27 heavy (non-hydrogen) atoms. The minimum Gasteiger partial charge on any atom is -0.478 e. The third kappa shape index (κ3) is 3.70. The van der Waals surface area contributed by atoms with Crippen LogP contribution in [0.5, 0.6) is 0 Å². The Hall–Kier alpha value is -2.76. The van der Waals surface area contributed by atoms with Gasteiger partial charge in [-0.15, -0.1) is 0 Å². The van der Waals surface area contributed by atoms with E-state index in [9.17, 15) is 4.79 Å². The van der Waals surface area contributed by atoms with Crippen LogP contribution in [0.25, 0.3) is 21.1 Å². The number of rotatable bonds is 6. The van der Waals surface area contributed by atoms with Crippen LogP contribution < -0.4 is 5.32 Å². The number of aromatic nitrogens is 2. The van der Waals surface area contributed by atoms with E-state index >= 15 is 0 Å². The van der Waals surface area contributed by atoms with Crippen LogP contribution in [0.1, 0.15) is 15.9 Å². The molecule has 2 aromatic heterocycles. The number of anilines is 1. The van der Waals surface area contributed by atoms with Crippen molar-refractivity contribution in [2.45, 2.75) is 0 Å². The van der Waals surface area contributed by atoms with Crippen molar-refractivity contribution in [1.82, 2.24) is 9.55 Å². The lowest BCUT2D eigenvalue weighted by Crippen LogP contribution is -1.94. The van der Waals surface area contributed by atoms with E-state index in [2.05, 4.69) is 38.0 Å². The first kappa shape index (κ1) is 17.6. The molecule has 2 aromatic carbocycles. The van der Waals surface area contributed by atoms with Gasteiger partial charge < -0.3 is 15.0 Å². The summed E-state index contributed by atoms with van der Waals surface area (Å²) in [5.41, 5.74) is 3.38. The van der Waals surface area contributed by atoms with Crippen LogP contribution in [0.2, 0.25) is 0 Å². The van der Waals surface area contributed by atoms with Crippen LogP contribution in [-0.4, -0.2) is 33.1 Å². The lowest BCUT2D eigenvalue weighted by molar-refractivity contribution is 0.0697. The molecule has 0 amide bonds. The summed E-state index contributed by atoms with van der Waals surface area (Å²) in [6.07, 6.45) is 4.69. The predicted octanol–water partition coefficient (Wildman–Crippen LogP) is 4.57. The second-order valence-electron chi connectivity index (χ2n) is 5.99. The number of thiazole rings is 1. The van der Waals surface area contributed by atoms with Gasteiger partial charge in [0.2, 0.25) is 0 Å². The maximum absolute atomic E-state index is 11.0. The normalized spacial score (nSPS) is 12.0. The first-order valence-electron chi connectivity index (χ1n) is 8.29. The minimum absolute atomic E-state index is 0.277. The van der Waals surface area contributed by atoms with Crippen LogP contribution in [0.3, 0.4) is 0 Å². The Balaban J connectivity index is 1.39. The number of aryl methyl sites for hydroxylation is 1. The fourth-order valence-electron chi connectivity index (χ4n) is 2.89. The molecule has 1 unspecified atom stereocenters. The summed E-state index contributed by atoms with van der Waals surface area (Å²) < 4.78 is 7.50. The number of hydrogen-bond donors (Lipinski definition) is 2. The SMILES string of the molecule is Cn1cc(/C=N/PCNc2nc3ccc(C(=O)O)cc3s2)c2ccccc21. The van der Waals surface area contributed by atoms with Crippen LogP contribution in [0.15, 0.2) is 53.4 Å². The Morgan fingerprint density at radius 1 is 1.37 bits per heavy atom. The quantitative estimate of drug-likeness (QED) is 0.284. The maximum Gasteiger partial charge on any atom is 0.335 e. The molecule has 1 atom stereocenters. The topological polar surface area (TPSA) is 79.5 Å². The van der Waals surface area contributed by atoms with Gasteiger partial charge in [-0.05, 0) is 24.3 Å². The fraction of sp³-hybridized carbons (Fsp3) is 0.105. The van der Waals surface area contributed by atoms with Crippen molar-refractivity contribution in [3.05, 3.63) is 59.8 Å². The van der Waals surface area contributed by atoms with Gasteiger partial charge in [-0.3, -0.25) is 4.76 Å². The number of fused-ring (bicyclic) bond motifs is 2. The van der Waals surface area contributed by atoms with E-state index in [1.165, 1.54) is 22.2 Å². The summed E-state index contributed by atoms with van der Waals surface area (Å²) in [6, 6.07) is 13.2. The number of aromatic carboxylic acids is 1. The number of hydrogen-bond acceptors (Lipinski definition) is 5. The molecule has 0 saturated carbocycles. The largest absolute Gasteiger partial charge is 0.478 e. The molecule has 2 N–H and O–H groups in total. The van der Waals surface area contributed by atoms with E-state index in [4.69, 9.17) is 5.11 Å². The highest BCUT2D eigenvalue weighted by Crippen LogP contribution is 2.28. The van der Waals surface area contributed by atoms with Crippen molar-refractivity contribution in [3.63, 3.8) is 0 Å². The number of nitrogens with zero attached hydrogens (tertiary/aromatic N) is 3. The molecule has 0 aliphatic carbocycles. The standard InChI is InChI=1S/C19H17N4O2PS/c1-23-10-13(14-4-2-3-5-16(14)23)9-21-26-11-20-19-22-15-7-6-12(18(24)25)8-17(15)27-19/h2-10,26H,11H2,1H3,(H,20,22)(H,24,25)/b21-9+. The van der Waals surface area contributed by atoms with Gasteiger partial charge >= 0.3 is 5.97 Å². The molecule has 0 spiro atoms. The van der Waals surface area contributed by atoms with Gasteiger partial charge in [0.15, 0.2) is 5.13 Å².